The lowest BCUT2D eigenvalue weighted by Crippen LogP contribution is -2.45. The van der Waals surface area contributed by atoms with Crippen molar-refractivity contribution in [1.82, 2.24) is 0 Å². The Kier molecular flexibility index (Phi) is 5.01. The van der Waals surface area contributed by atoms with Crippen LogP contribution in [0.3, 0.4) is 0 Å². The van der Waals surface area contributed by atoms with Gasteiger partial charge in [0.05, 0.1) is 24.4 Å². The summed E-state index contributed by atoms with van der Waals surface area (Å²) in [5.74, 6) is -3.68. The third-order valence-corrected chi connectivity index (χ3v) is 2.94. The normalized spacial score (nSPS) is 12.7. The van der Waals surface area contributed by atoms with E-state index < -0.39 is 40.5 Å². The summed E-state index contributed by atoms with van der Waals surface area (Å²) in [5.41, 5.74) is 4.40. The Hall–Kier alpha value is -2.02. The Morgan fingerprint density at radius 2 is 1.81 bits per heavy atom. The van der Waals surface area contributed by atoms with Crippen molar-refractivity contribution in [3.05, 3.63) is 29.3 Å². The Morgan fingerprint density at radius 1 is 1.24 bits per heavy atom. The quantitative estimate of drug-likeness (QED) is 0.837. The first-order chi connectivity index (χ1) is 9.57. The number of carbonyl (C=O) groups is 2. The van der Waals surface area contributed by atoms with Crippen molar-refractivity contribution >= 4 is 17.6 Å². The Balaban J connectivity index is 3.09. The molecule has 0 unspecified atom stereocenters. The molecule has 21 heavy (non-hydrogen) atoms. The summed E-state index contributed by atoms with van der Waals surface area (Å²) in [6.45, 7) is 5.24. The summed E-state index contributed by atoms with van der Waals surface area (Å²) >= 11 is 0. The second-order valence-electron chi connectivity index (χ2n) is 5.64. The highest BCUT2D eigenvalue weighted by Gasteiger charge is 2.28. The summed E-state index contributed by atoms with van der Waals surface area (Å²) in [6, 6.07) is 0.484. The van der Waals surface area contributed by atoms with Gasteiger partial charge in [0.15, 0.2) is 0 Å². The maximum Gasteiger partial charge on any atom is 0.340 e. The number of methoxy groups -OCH3 is 1. The lowest BCUT2D eigenvalue weighted by molar-refractivity contribution is -0.119. The Labute approximate surface area is 121 Å². The van der Waals surface area contributed by atoms with E-state index in [9.17, 15) is 18.4 Å². The molecule has 116 valence electrons. The van der Waals surface area contributed by atoms with Crippen LogP contribution in [0.25, 0.3) is 0 Å². The van der Waals surface area contributed by atoms with Crippen molar-refractivity contribution in [2.45, 2.75) is 26.8 Å². The fourth-order valence-electron chi connectivity index (χ4n) is 1.51. The number of halogens is 2. The summed E-state index contributed by atoms with van der Waals surface area (Å²) < 4.78 is 31.5. The van der Waals surface area contributed by atoms with E-state index in [4.69, 9.17) is 5.73 Å². The minimum absolute atomic E-state index is 0.332. The SMILES string of the molecule is COC(=O)c1cc(NC(=O)[C@@H](N)C(C)(C)C)c(F)cc1F. The molecular formula is C14H18F2N2O3. The molecule has 1 rings (SSSR count). The smallest absolute Gasteiger partial charge is 0.340 e. The zero-order chi connectivity index (χ0) is 16.4. The number of nitrogens with one attached hydrogen (secondary N) is 1. The molecule has 1 aromatic carbocycles. The third-order valence-electron chi connectivity index (χ3n) is 2.94. The highest BCUT2D eigenvalue weighted by Crippen LogP contribution is 2.23. The van der Waals surface area contributed by atoms with Gasteiger partial charge in [-0.25, -0.2) is 13.6 Å². The zero-order valence-corrected chi connectivity index (χ0v) is 12.3. The van der Waals surface area contributed by atoms with Crippen LogP contribution in [0.1, 0.15) is 31.1 Å². The summed E-state index contributed by atoms with van der Waals surface area (Å²) in [4.78, 5) is 23.3. The molecule has 1 aromatic rings. The number of rotatable bonds is 3. The van der Waals surface area contributed by atoms with Crippen LogP contribution >= 0.6 is 0 Å². The van der Waals surface area contributed by atoms with Gasteiger partial charge in [-0.2, -0.15) is 0 Å². The first-order valence-corrected chi connectivity index (χ1v) is 6.21. The maximum atomic E-state index is 13.7. The number of amides is 1. The molecule has 0 aliphatic heterocycles. The van der Waals surface area contributed by atoms with E-state index in [0.717, 1.165) is 13.2 Å². The molecule has 0 aromatic heterocycles. The van der Waals surface area contributed by atoms with Gasteiger partial charge in [-0.05, 0) is 11.5 Å². The molecule has 0 saturated carbocycles. The maximum absolute atomic E-state index is 13.7. The van der Waals surface area contributed by atoms with Crippen LogP contribution in [-0.2, 0) is 9.53 Å². The first-order valence-electron chi connectivity index (χ1n) is 6.21. The van der Waals surface area contributed by atoms with E-state index in [2.05, 4.69) is 10.1 Å². The molecule has 0 spiro atoms. The molecule has 3 N–H and O–H groups in total. The van der Waals surface area contributed by atoms with Crippen LogP contribution in [0.5, 0.6) is 0 Å². The van der Waals surface area contributed by atoms with Gasteiger partial charge in [-0.15, -0.1) is 0 Å². The fourth-order valence-corrected chi connectivity index (χ4v) is 1.51. The minimum Gasteiger partial charge on any atom is -0.465 e. The van der Waals surface area contributed by atoms with Gasteiger partial charge in [0.1, 0.15) is 11.6 Å². The van der Waals surface area contributed by atoms with E-state index in [0.29, 0.717) is 6.07 Å². The van der Waals surface area contributed by atoms with Gasteiger partial charge < -0.3 is 15.8 Å². The Morgan fingerprint density at radius 3 is 2.29 bits per heavy atom. The lowest BCUT2D eigenvalue weighted by atomic mass is 9.87. The molecular weight excluding hydrogens is 282 g/mol. The van der Waals surface area contributed by atoms with Gasteiger partial charge >= 0.3 is 5.97 Å². The van der Waals surface area contributed by atoms with E-state index in [1.54, 1.807) is 20.8 Å². The minimum atomic E-state index is -1.07. The van der Waals surface area contributed by atoms with E-state index >= 15 is 0 Å². The van der Waals surface area contributed by atoms with Gasteiger partial charge in [0.2, 0.25) is 5.91 Å². The number of anilines is 1. The highest BCUT2D eigenvalue weighted by atomic mass is 19.1. The second-order valence-corrected chi connectivity index (χ2v) is 5.64. The molecule has 0 heterocycles. The van der Waals surface area contributed by atoms with Crippen molar-refractivity contribution < 1.29 is 23.1 Å². The fraction of sp³-hybridized carbons (Fsp3) is 0.429. The van der Waals surface area contributed by atoms with Crippen LogP contribution in [-0.4, -0.2) is 25.0 Å². The predicted molar refractivity (Wildman–Crippen MR) is 73.8 cm³/mol. The average molecular weight is 300 g/mol. The van der Waals surface area contributed by atoms with Crippen molar-refractivity contribution in [3.63, 3.8) is 0 Å². The number of carbonyl (C=O) groups excluding carboxylic acids is 2. The van der Waals surface area contributed by atoms with Crippen molar-refractivity contribution in [1.29, 1.82) is 0 Å². The monoisotopic (exact) mass is 300 g/mol. The van der Waals surface area contributed by atoms with Crippen LogP contribution in [0.15, 0.2) is 12.1 Å². The molecule has 0 bridgehead atoms. The van der Waals surface area contributed by atoms with Crippen LogP contribution < -0.4 is 11.1 Å². The molecule has 7 heteroatoms. The number of benzene rings is 1. The van der Waals surface area contributed by atoms with E-state index in [1.165, 1.54) is 0 Å². The standard InChI is InChI=1S/C14H18F2N2O3/c1-14(2,3)11(17)12(19)18-10-5-7(13(20)21-4)8(15)6-9(10)16/h5-6,11H,17H2,1-4H3,(H,18,19)/t11-/m1/s1. The lowest BCUT2D eigenvalue weighted by Gasteiger charge is -2.25. The topological polar surface area (TPSA) is 81.4 Å². The number of nitrogens with two attached hydrogens (primary N) is 1. The molecule has 1 amide bonds. The number of hydrogen-bond donors (Lipinski definition) is 2. The summed E-state index contributed by atoms with van der Waals surface area (Å²) in [6.07, 6.45) is 0. The molecule has 0 radical (unpaired) electrons. The molecule has 1 atom stereocenters. The molecule has 5 nitrogen and oxygen atoms in total. The molecule has 0 fully saturated rings. The second kappa shape index (κ2) is 6.17. The van der Waals surface area contributed by atoms with Gasteiger partial charge in [-0.3, -0.25) is 4.79 Å². The largest absolute Gasteiger partial charge is 0.465 e. The van der Waals surface area contributed by atoms with Crippen LogP contribution in [0.4, 0.5) is 14.5 Å². The summed E-state index contributed by atoms with van der Waals surface area (Å²) in [5, 5.41) is 2.25. The van der Waals surface area contributed by atoms with E-state index in [-0.39, 0.29) is 5.69 Å². The van der Waals surface area contributed by atoms with Crippen LogP contribution in [0, 0.1) is 17.0 Å². The highest BCUT2D eigenvalue weighted by molar-refractivity contribution is 5.97. The Bertz CT molecular complexity index is 568. The van der Waals surface area contributed by atoms with Gasteiger partial charge in [0.25, 0.3) is 0 Å². The first kappa shape index (κ1) is 17.0. The van der Waals surface area contributed by atoms with Crippen molar-refractivity contribution in [2.24, 2.45) is 11.1 Å². The number of esters is 1. The third kappa shape index (κ3) is 3.98. The molecule has 0 aliphatic carbocycles. The predicted octanol–water partition coefficient (Wildman–Crippen LogP) is 2.06. The summed E-state index contributed by atoms with van der Waals surface area (Å²) in [7, 11) is 1.07. The van der Waals surface area contributed by atoms with Gasteiger partial charge in [0, 0.05) is 6.07 Å². The van der Waals surface area contributed by atoms with Crippen molar-refractivity contribution in [2.75, 3.05) is 12.4 Å². The number of ether oxygens (including phenoxy) is 1. The van der Waals surface area contributed by atoms with Crippen LogP contribution in [0.2, 0.25) is 0 Å². The molecule has 0 saturated heterocycles. The van der Waals surface area contributed by atoms with Gasteiger partial charge in [-0.1, -0.05) is 20.8 Å². The average Bonchev–Trinajstić information content (AvgIpc) is 2.38. The zero-order valence-electron chi connectivity index (χ0n) is 12.3. The molecule has 0 aliphatic rings. The van der Waals surface area contributed by atoms with Crippen molar-refractivity contribution in [3.8, 4) is 0 Å². The number of hydrogen-bond acceptors (Lipinski definition) is 4. The van der Waals surface area contributed by atoms with E-state index in [1.807, 2.05) is 0 Å².